The molecule has 3 amide bonds. The van der Waals surface area contributed by atoms with Gasteiger partial charge < -0.3 is 24.6 Å². The smallest absolute Gasteiger partial charge is 0.322 e. The van der Waals surface area contributed by atoms with Gasteiger partial charge in [-0.2, -0.15) is 0 Å². The topological polar surface area (TPSA) is 71.1 Å². The molecule has 1 saturated heterocycles. The van der Waals surface area contributed by atoms with Crippen LogP contribution in [0.2, 0.25) is 0 Å². The number of anilines is 2. The van der Waals surface area contributed by atoms with Gasteiger partial charge in [0.15, 0.2) is 17.3 Å². The average molecular weight is 379 g/mol. The van der Waals surface area contributed by atoms with Crippen molar-refractivity contribution in [3.05, 3.63) is 35.5 Å². The highest BCUT2D eigenvalue weighted by atomic mass is 32.1. The largest absolute Gasteiger partial charge is 0.493 e. The molecule has 2 heterocycles. The van der Waals surface area contributed by atoms with E-state index >= 15 is 0 Å². The first-order valence-corrected chi connectivity index (χ1v) is 8.72. The summed E-state index contributed by atoms with van der Waals surface area (Å²) in [6.07, 6.45) is 0. The number of piperazine rings is 1. The van der Waals surface area contributed by atoms with E-state index in [1.54, 1.807) is 4.90 Å². The van der Waals surface area contributed by atoms with E-state index < -0.39 is 11.8 Å². The first-order chi connectivity index (χ1) is 12.5. The Morgan fingerprint density at radius 2 is 1.96 bits per heavy atom. The maximum atomic E-state index is 14.2. The molecule has 9 heteroatoms. The molecular formula is C17H18FN3O4S. The molecular weight excluding hydrogens is 361 g/mol. The quantitative estimate of drug-likeness (QED) is 0.887. The summed E-state index contributed by atoms with van der Waals surface area (Å²) in [7, 11) is 2.82. The minimum atomic E-state index is -0.653. The number of carbonyl (C=O) groups excluding carboxylic acids is 2. The summed E-state index contributed by atoms with van der Waals surface area (Å²) in [4.78, 5) is 27.7. The number of amides is 3. The highest BCUT2D eigenvalue weighted by molar-refractivity contribution is 7.14. The van der Waals surface area contributed by atoms with Crippen molar-refractivity contribution in [3.8, 4) is 11.5 Å². The van der Waals surface area contributed by atoms with E-state index in [0.717, 1.165) is 11.1 Å². The zero-order valence-electron chi connectivity index (χ0n) is 14.3. The third-order valence-electron chi connectivity index (χ3n) is 3.99. The molecule has 1 aromatic carbocycles. The van der Waals surface area contributed by atoms with Gasteiger partial charge in [0, 0.05) is 25.2 Å². The maximum Gasteiger partial charge on any atom is 0.322 e. The number of rotatable bonds is 4. The molecule has 1 aromatic heterocycles. The number of urea groups is 1. The molecule has 3 rings (SSSR count). The number of hydrogen-bond acceptors (Lipinski definition) is 5. The number of methoxy groups -OCH3 is 2. The van der Waals surface area contributed by atoms with E-state index in [1.807, 2.05) is 17.5 Å². The summed E-state index contributed by atoms with van der Waals surface area (Å²) in [5.41, 5.74) is -0.0409. The SMILES string of the molecule is COc1cc(F)c(NC(=O)N2CCN(c3cccs3)C(=O)C2)cc1OC. The maximum absolute atomic E-state index is 14.2. The van der Waals surface area contributed by atoms with Crippen LogP contribution in [0.1, 0.15) is 0 Å². The van der Waals surface area contributed by atoms with Crippen LogP contribution in [-0.2, 0) is 4.79 Å². The number of hydrogen-bond donors (Lipinski definition) is 1. The summed E-state index contributed by atoms with van der Waals surface area (Å²) in [6, 6.07) is 5.66. The Labute approximate surface area is 153 Å². The van der Waals surface area contributed by atoms with Crippen LogP contribution in [0.5, 0.6) is 11.5 Å². The summed E-state index contributed by atoms with van der Waals surface area (Å²) in [6.45, 7) is 0.671. The molecule has 0 aliphatic carbocycles. The van der Waals surface area contributed by atoms with Crippen molar-refractivity contribution >= 4 is 34.0 Å². The molecule has 26 heavy (non-hydrogen) atoms. The van der Waals surface area contributed by atoms with Gasteiger partial charge in [0.05, 0.1) is 24.9 Å². The molecule has 0 spiro atoms. The highest BCUT2D eigenvalue weighted by Crippen LogP contribution is 2.32. The Hall–Kier alpha value is -2.81. The lowest BCUT2D eigenvalue weighted by Crippen LogP contribution is -2.53. The van der Waals surface area contributed by atoms with E-state index in [4.69, 9.17) is 9.47 Å². The van der Waals surface area contributed by atoms with E-state index in [-0.39, 0.29) is 23.9 Å². The standard InChI is InChI=1S/C17H18FN3O4S/c1-24-13-8-11(18)12(9-14(13)25-2)19-17(23)20-5-6-21(15(22)10-20)16-4-3-7-26-16/h3-4,7-9H,5-6,10H2,1-2H3,(H,19,23). The van der Waals surface area contributed by atoms with Crippen LogP contribution >= 0.6 is 11.3 Å². The van der Waals surface area contributed by atoms with Gasteiger partial charge in [0.2, 0.25) is 5.91 Å². The molecule has 1 N–H and O–H groups in total. The number of halogens is 1. The number of thiophene rings is 1. The third kappa shape index (κ3) is 3.57. The fourth-order valence-electron chi connectivity index (χ4n) is 2.65. The lowest BCUT2D eigenvalue weighted by Gasteiger charge is -2.33. The van der Waals surface area contributed by atoms with Gasteiger partial charge in [-0.05, 0) is 17.5 Å². The Kier molecular flexibility index (Phi) is 5.27. The highest BCUT2D eigenvalue weighted by Gasteiger charge is 2.29. The van der Waals surface area contributed by atoms with Gasteiger partial charge in [-0.15, -0.1) is 11.3 Å². The number of benzene rings is 1. The number of nitrogens with one attached hydrogen (secondary N) is 1. The first kappa shape index (κ1) is 18.0. The van der Waals surface area contributed by atoms with Crippen molar-refractivity contribution < 1.29 is 23.5 Å². The molecule has 7 nitrogen and oxygen atoms in total. The molecule has 0 atom stereocenters. The van der Waals surface area contributed by atoms with Gasteiger partial charge in [-0.1, -0.05) is 0 Å². The van der Waals surface area contributed by atoms with Crippen LogP contribution in [0.4, 0.5) is 19.9 Å². The number of carbonyl (C=O) groups is 2. The van der Waals surface area contributed by atoms with Crippen molar-refractivity contribution in [2.24, 2.45) is 0 Å². The zero-order valence-corrected chi connectivity index (χ0v) is 15.1. The number of ether oxygens (including phenoxy) is 2. The summed E-state index contributed by atoms with van der Waals surface area (Å²) < 4.78 is 24.3. The lowest BCUT2D eigenvalue weighted by atomic mass is 10.2. The summed E-state index contributed by atoms with van der Waals surface area (Å²) in [5, 5.41) is 5.22. The molecule has 1 fully saturated rings. The van der Waals surface area contributed by atoms with Gasteiger partial charge >= 0.3 is 6.03 Å². The van der Waals surface area contributed by atoms with E-state index in [9.17, 15) is 14.0 Å². The minimum absolute atomic E-state index is 0.0409. The normalized spacial score (nSPS) is 14.3. The van der Waals surface area contributed by atoms with Crippen molar-refractivity contribution in [3.63, 3.8) is 0 Å². The Balaban J connectivity index is 1.69. The van der Waals surface area contributed by atoms with E-state index in [1.165, 1.54) is 36.5 Å². The second-order valence-electron chi connectivity index (χ2n) is 5.54. The minimum Gasteiger partial charge on any atom is -0.493 e. The zero-order chi connectivity index (χ0) is 18.7. The molecule has 1 aliphatic heterocycles. The first-order valence-electron chi connectivity index (χ1n) is 7.84. The molecule has 0 radical (unpaired) electrons. The van der Waals surface area contributed by atoms with Crippen LogP contribution in [0.15, 0.2) is 29.6 Å². The fourth-order valence-corrected chi connectivity index (χ4v) is 3.42. The Morgan fingerprint density at radius 3 is 2.58 bits per heavy atom. The Morgan fingerprint density at radius 1 is 1.23 bits per heavy atom. The predicted octanol–water partition coefficient (Wildman–Crippen LogP) is 2.79. The molecule has 0 unspecified atom stereocenters. The number of nitrogens with zero attached hydrogens (tertiary/aromatic N) is 2. The van der Waals surface area contributed by atoms with Crippen LogP contribution in [0, 0.1) is 5.82 Å². The monoisotopic (exact) mass is 379 g/mol. The van der Waals surface area contributed by atoms with Crippen LogP contribution in [0.3, 0.4) is 0 Å². The van der Waals surface area contributed by atoms with Gasteiger partial charge in [0.1, 0.15) is 6.54 Å². The van der Waals surface area contributed by atoms with Gasteiger partial charge in [0.25, 0.3) is 0 Å². The van der Waals surface area contributed by atoms with Gasteiger partial charge in [-0.25, -0.2) is 9.18 Å². The van der Waals surface area contributed by atoms with Crippen LogP contribution in [-0.4, -0.2) is 50.7 Å². The van der Waals surface area contributed by atoms with Crippen molar-refractivity contribution in [2.75, 3.05) is 44.1 Å². The molecule has 1 aliphatic rings. The molecule has 0 saturated carbocycles. The van der Waals surface area contributed by atoms with Gasteiger partial charge in [-0.3, -0.25) is 4.79 Å². The van der Waals surface area contributed by atoms with E-state index in [0.29, 0.717) is 18.8 Å². The fraction of sp³-hybridized carbons (Fsp3) is 0.294. The van der Waals surface area contributed by atoms with Crippen molar-refractivity contribution in [1.82, 2.24) is 4.90 Å². The second-order valence-corrected chi connectivity index (χ2v) is 6.46. The second kappa shape index (κ2) is 7.61. The lowest BCUT2D eigenvalue weighted by molar-refractivity contribution is -0.120. The van der Waals surface area contributed by atoms with E-state index in [2.05, 4.69) is 5.32 Å². The van der Waals surface area contributed by atoms with Crippen LogP contribution in [0.25, 0.3) is 0 Å². The molecule has 138 valence electrons. The molecule has 0 bridgehead atoms. The molecule has 2 aromatic rings. The Bertz CT molecular complexity index is 813. The summed E-state index contributed by atoms with van der Waals surface area (Å²) in [5.74, 6) is -0.313. The average Bonchev–Trinajstić information content (AvgIpc) is 3.17. The van der Waals surface area contributed by atoms with Crippen molar-refractivity contribution in [1.29, 1.82) is 0 Å². The van der Waals surface area contributed by atoms with Crippen molar-refractivity contribution in [2.45, 2.75) is 0 Å². The summed E-state index contributed by atoms with van der Waals surface area (Å²) >= 11 is 1.47. The third-order valence-corrected chi connectivity index (χ3v) is 4.89. The predicted molar refractivity (Wildman–Crippen MR) is 96.8 cm³/mol. The van der Waals surface area contributed by atoms with Crippen LogP contribution < -0.4 is 19.7 Å².